The van der Waals surface area contributed by atoms with Crippen LogP contribution in [0.15, 0.2) is 79.0 Å². The van der Waals surface area contributed by atoms with Gasteiger partial charge < -0.3 is 10.6 Å². The Morgan fingerprint density at radius 1 is 0.806 bits per heavy atom. The fourth-order valence-corrected chi connectivity index (χ4v) is 4.84. The summed E-state index contributed by atoms with van der Waals surface area (Å²) in [6.07, 6.45) is 4.07. The lowest BCUT2D eigenvalue weighted by Crippen LogP contribution is -2.43. The van der Waals surface area contributed by atoms with Gasteiger partial charge in [-0.3, -0.25) is 0 Å². The number of rotatable bonds is 12. The molecule has 0 saturated heterocycles. The predicted octanol–water partition coefficient (Wildman–Crippen LogP) is 9.09. The third kappa shape index (κ3) is 6.82. The second-order valence-electron chi connectivity index (χ2n) is 10.0. The molecule has 2 nitrogen and oxygen atoms in total. The number of hydrogen-bond acceptors (Lipinski definition) is 2. The molecule has 0 atom stereocenters. The van der Waals surface area contributed by atoms with E-state index >= 15 is 0 Å². The molecule has 0 bridgehead atoms. The van der Waals surface area contributed by atoms with E-state index in [-0.39, 0.29) is 11.1 Å². The minimum Gasteiger partial charge on any atom is -0.358 e. The lowest BCUT2D eigenvalue weighted by molar-refractivity contribution is 0.0175. The van der Waals surface area contributed by atoms with Crippen molar-refractivity contribution in [2.24, 2.45) is 0 Å². The molecular weight excluding hydrogens is 450 g/mol. The van der Waals surface area contributed by atoms with Crippen molar-refractivity contribution in [3.8, 4) is 11.1 Å². The van der Waals surface area contributed by atoms with Crippen molar-refractivity contribution in [2.45, 2.75) is 71.8 Å². The van der Waals surface area contributed by atoms with Gasteiger partial charge in [0.1, 0.15) is 0 Å². The lowest BCUT2D eigenvalue weighted by atomic mass is 9.81. The first-order chi connectivity index (χ1) is 17.1. The number of anilines is 1. The molecule has 0 saturated carbocycles. The maximum Gasteiger partial charge on any atom is 0.270 e. The summed E-state index contributed by atoms with van der Waals surface area (Å²) in [5.74, 6) is -2.86. The standard InChI is InChI=1S/C32H40F2N2/c1-7-18-32(19-8-2,35-22-25(5)36-30-17-12-23(3)24(4)20-30)28-15-13-26(14-16-28)27-10-9-11-29(21-27)31(6,33)34/h9-17,20-21,35-36H,5,7-8,18-19,22H2,1-4,6H3. The average Bonchev–Trinajstić information content (AvgIpc) is 2.85. The van der Waals surface area contributed by atoms with Gasteiger partial charge in [-0.05, 0) is 72.7 Å². The minimum atomic E-state index is -2.86. The molecule has 0 fully saturated rings. The van der Waals surface area contributed by atoms with Gasteiger partial charge in [-0.25, -0.2) is 8.78 Å². The van der Waals surface area contributed by atoms with Crippen LogP contribution in [-0.4, -0.2) is 6.54 Å². The SMILES string of the molecule is C=C(CNC(CCC)(CCC)c1ccc(-c2cccc(C(C)(F)F)c2)cc1)Nc1ccc(C)c(C)c1. The average molecular weight is 491 g/mol. The first-order valence-electron chi connectivity index (χ1n) is 12.9. The fraction of sp³-hybridized carbons (Fsp3) is 0.375. The number of halogens is 2. The van der Waals surface area contributed by atoms with Gasteiger partial charge in [-0.15, -0.1) is 0 Å². The summed E-state index contributed by atoms with van der Waals surface area (Å²) in [6, 6.07) is 21.4. The normalized spacial score (nSPS) is 12.0. The number of aryl methyl sites for hydroxylation is 2. The highest BCUT2D eigenvalue weighted by Gasteiger charge is 2.30. The molecule has 0 aromatic heterocycles. The van der Waals surface area contributed by atoms with E-state index < -0.39 is 5.92 Å². The molecule has 3 aromatic carbocycles. The Labute approximate surface area is 215 Å². The number of nitrogens with one attached hydrogen (secondary N) is 2. The predicted molar refractivity (Wildman–Crippen MR) is 150 cm³/mol. The Hall–Kier alpha value is -2.98. The summed E-state index contributed by atoms with van der Waals surface area (Å²) in [5, 5.41) is 7.27. The van der Waals surface area contributed by atoms with Crippen molar-refractivity contribution >= 4 is 5.69 Å². The Morgan fingerprint density at radius 3 is 2.06 bits per heavy atom. The van der Waals surface area contributed by atoms with Crippen molar-refractivity contribution < 1.29 is 8.78 Å². The minimum absolute atomic E-state index is 0.0341. The summed E-state index contributed by atoms with van der Waals surface area (Å²) < 4.78 is 27.7. The van der Waals surface area contributed by atoms with E-state index in [2.05, 4.69) is 75.2 Å². The highest BCUT2D eigenvalue weighted by atomic mass is 19.3. The summed E-state index contributed by atoms with van der Waals surface area (Å²) >= 11 is 0. The third-order valence-electron chi connectivity index (χ3n) is 6.96. The maximum atomic E-state index is 13.8. The van der Waals surface area contributed by atoms with Crippen LogP contribution < -0.4 is 10.6 Å². The van der Waals surface area contributed by atoms with Crippen LogP contribution >= 0.6 is 0 Å². The van der Waals surface area contributed by atoms with E-state index in [1.165, 1.54) is 22.8 Å². The van der Waals surface area contributed by atoms with Crippen LogP contribution in [0, 0.1) is 13.8 Å². The van der Waals surface area contributed by atoms with Crippen molar-refractivity contribution in [2.75, 3.05) is 11.9 Å². The first-order valence-corrected chi connectivity index (χ1v) is 12.9. The van der Waals surface area contributed by atoms with E-state index in [1.807, 2.05) is 18.2 Å². The van der Waals surface area contributed by atoms with Gasteiger partial charge in [0.05, 0.1) is 0 Å². The van der Waals surface area contributed by atoms with Gasteiger partial charge in [0.2, 0.25) is 0 Å². The quantitative estimate of drug-likeness (QED) is 0.264. The van der Waals surface area contributed by atoms with Crippen LogP contribution in [0.5, 0.6) is 0 Å². The van der Waals surface area contributed by atoms with Crippen LogP contribution in [0.4, 0.5) is 14.5 Å². The smallest absolute Gasteiger partial charge is 0.270 e. The van der Waals surface area contributed by atoms with Gasteiger partial charge in [0.15, 0.2) is 0 Å². The molecule has 4 heteroatoms. The summed E-state index contributed by atoms with van der Waals surface area (Å²) in [7, 11) is 0. The number of benzene rings is 3. The molecule has 0 heterocycles. The maximum absolute atomic E-state index is 13.8. The van der Waals surface area contributed by atoms with Crippen LogP contribution in [0.1, 0.15) is 68.7 Å². The number of hydrogen-bond donors (Lipinski definition) is 2. The molecule has 36 heavy (non-hydrogen) atoms. The first kappa shape index (κ1) is 27.6. The van der Waals surface area contributed by atoms with Crippen molar-refractivity contribution in [3.63, 3.8) is 0 Å². The molecule has 0 unspecified atom stereocenters. The van der Waals surface area contributed by atoms with Crippen LogP contribution in [0.25, 0.3) is 11.1 Å². The Bertz CT molecular complexity index is 1150. The van der Waals surface area contributed by atoms with Gasteiger partial charge in [0, 0.05) is 36.0 Å². The Kier molecular flexibility index (Phi) is 9.08. The zero-order chi connectivity index (χ0) is 26.3. The molecule has 0 aliphatic heterocycles. The van der Waals surface area contributed by atoms with Gasteiger partial charge in [-0.2, -0.15) is 0 Å². The van der Waals surface area contributed by atoms with Crippen molar-refractivity contribution in [1.82, 2.24) is 5.32 Å². The summed E-state index contributed by atoms with van der Waals surface area (Å²) in [6.45, 7) is 14.5. The largest absolute Gasteiger partial charge is 0.358 e. The molecular formula is C32H40F2N2. The van der Waals surface area contributed by atoms with E-state index in [0.717, 1.165) is 55.1 Å². The van der Waals surface area contributed by atoms with Gasteiger partial charge in [-0.1, -0.05) is 81.8 Å². The number of alkyl halides is 2. The van der Waals surface area contributed by atoms with E-state index in [1.54, 1.807) is 12.1 Å². The second kappa shape index (κ2) is 11.8. The fourth-order valence-electron chi connectivity index (χ4n) is 4.84. The molecule has 0 spiro atoms. The molecule has 2 N–H and O–H groups in total. The Morgan fingerprint density at radius 2 is 1.47 bits per heavy atom. The molecule has 0 radical (unpaired) electrons. The second-order valence-corrected chi connectivity index (χ2v) is 10.0. The molecule has 192 valence electrons. The van der Waals surface area contributed by atoms with Gasteiger partial charge in [0.25, 0.3) is 5.92 Å². The third-order valence-corrected chi connectivity index (χ3v) is 6.96. The lowest BCUT2D eigenvalue weighted by Gasteiger charge is -2.36. The summed E-state index contributed by atoms with van der Waals surface area (Å²) in [5.41, 5.74) is 7.29. The highest BCUT2D eigenvalue weighted by molar-refractivity contribution is 5.65. The monoisotopic (exact) mass is 490 g/mol. The molecule has 3 aromatic rings. The molecule has 3 rings (SSSR count). The topological polar surface area (TPSA) is 24.1 Å². The van der Waals surface area contributed by atoms with Crippen molar-refractivity contribution in [3.05, 3.63) is 101 Å². The summed E-state index contributed by atoms with van der Waals surface area (Å²) in [4.78, 5) is 0. The van der Waals surface area contributed by atoms with E-state index in [0.29, 0.717) is 6.54 Å². The zero-order valence-corrected chi connectivity index (χ0v) is 22.3. The van der Waals surface area contributed by atoms with Gasteiger partial charge >= 0.3 is 0 Å². The van der Waals surface area contributed by atoms with E-state index in [4.69, 9.17) is 0 Å². The van der Waals surface area contributed by atoms with Crippen LogP contribution in [0.2, 0.25) is 0 Å². The highest BCUT2D eigenvalue weighted by Crippen LogP contribution is 2.35. The molecule has 0 aliphatic carbocycles. The van der Waals surface area contributed by atoms with Crippen LogP contribution in [-0.2, 0) is 11.5 Å². The molecule has 0 aliphatic rings. The Balaban J connectivity index is 1.81. The van der Waals surface area contributed by atoms with E-state index in [9.17, 15) is 8.78 Å². The van der Waals surface area contributed by atoms with Crippen molar-refractivity contribution in [1.29, 1.82) is 0 Å². The van der Waals surface area contributed by atoms with Crippen LogP contribution in [0.3, 0.4) is 0 Å². The zero-order valence-electron chi connectivity index (χ0n) is 22.3. The molecule has 0 amide bonds.